The van der Waals surface area contributed by atoms with Crippen LogP contribution < -0.4 is 11.1 Å². The highest BCUT2D eigenvalue weighted by molar-refractivity contribution is 7.13. The van der Waals surface area contributed by atoms with E-state index >= 15 is 0 Å². The van der Waals surface area contributed by atoms with Crippen LogP contribution in [0.3, 0.4) is 0 Å². The third kappa shape index (κ3) is 4.40. The average molecular weight is 490 g/mol. The van der Waals surface area contributed by atoms with Gasteiger partial charge in [0.1, 0.15) is 24.8 Å². The van der Waals surface area contributed by atoms with Crippen molar-refractivity contribution >= 4 is 45.9 Å². The van der Waals surface area contributed by atoms with E-state index < -0.39 is 41.6 Å². The van der Waals surface area contributed by atoms with Crippen molar-refractivity contribution in [1.29, 1.82) is 0 Å². The lowest BCUT2D eigenvalue weighted by Crippen LogP contribution is -2.46. The minimum Gasteiger partial charge on any atom is -0.481 e. The number of aliphatic carboxylic acids is 2. The Morgan fingerprint density at radius 2 is 1.97 bits per heavy atom. The van der Waals surface area contributed by atoms with Crippen molar-refractivity contribution in [1.82, 2.24) is 20.3 Å². The van der Waals surface area contributed by atoms with Gasteiger partial charge >= 0.3 is 11.9 Å². The quantitative estimate of drug-likeness (QED) is 0.192. The Balaban J connectivity index is 1.92. The Bertz CT molecular complexity index is 1130. The van der Waals surface area contributed by atoms with Gasteiger partial charge in [-0.15, -0.1) is 24.5 Å². The first-order chi connectivity index (χ1) is 16.1. The minimum absolute atomic E-state index is 0.0328. The molecule has 180 valence electrons. The number of nitrogens with zero attached hydrogens (tertiary/aromatic N) is 4. The van der Waals surface area contributed by atoms with Crippen LogP contribution in [0.2, 0.25) is 0 Å². The highest BCUT2D eigenvalue weighted by Crippen LogP contribution is 2.38. The number of anilines is 1. The molecule has 1 aromatic rings. The number of aromatic nitrogens is 1. The Morgan fingerprint density at radius 3 is 2.47 bits per heavy atom. The summed E-state index contributed by atoms with van der Waals surface area (Å²) in [6.45, 7) is 6.95. The molecule has 0 saturated carbocycles. The molecule has 1 aromatic heterocycles. The third-order valence-electron chi connectivity index (χ3n) is 5.23. The Kier molecular flexibility index (Phi) is 7.12. The summed E-state index contributed by atoms with van der Waals surface area (Å²) in [5.41, 5.74) is 5.74. The average Bonchev–Trinajstić information content (AvgIpc) is 3.43. The van der Waals surface area contributed by atoms with Crippen molar-refractivity contribution in [2.24, 2.45) is 17.0 Å². The fourth-order valence-corrected chi connectivity index (χ4v) is 4.36. The number of amides is 2. The first-order valence-corrected chi connectivity index (χ1v) is 10.7. The molecule has 14 heteroatoms. The molecule has 3 rings (SSSR count). The third-order valence-corrected chi connectivity index (χ3v) is 5.91. The molecular weight excluding hydrogens is 468 g/mol. The number of fused-ring (bicyclic) bond motifs is 1. The highest BCUT2D eigenvalue weighted by atomic mass is 32.1. The second-order valence-electron chi connectivity index (χ2n) is 7.23. The van der Waals surface area contributed by atoms with E-state index in [1.54, 1.807) is 0 Å². The number of carbonyl (C=O) groups excluding carboxylic acids is 2. The zero-order valence-electron chi connectivity index (χ0n) is 18.0. The summed E-state index contributed by atoms with van der Waals surface area (Å²) in [5.74, 6) is -6.52. The van der Waals surface area contributed by atoms with Crippen LogP contribution in [-0.4, -0.2) is 80.9 Å². The number of carbonyl (C=O) groups is 4. The largest absolute Gasteiger partial charge is 0.481 e. The summed E-state index contributed by atoms with van der Waals surface area (Å²) in [6, 6.07) is -1.08. The van der Waals surface area contributed by atoms with Gasteiger partial charge in [-0.25, -0.2) is 15.0 Å². The SMILES string of the molecule is C=CC(C(=O)O)C1=C(C(C=C)C(=O)O)N2C(=O)[C@@H](NC(=O)/C(=N\OC)c3csc(N)n3)CN2C1. The number of thiazole rings is 1. The summed E-state index contributed by atoms with van der Waals surface area (Å²) in [7, 11) is 1.24. The molecule has 13 nitrogen and oxygen atoms in total. The van der Waals surface area contributed by atoms with Crippen LogP contribution in [-0.2, 0) is 24.0 Å². The highest BCUT2D eigenvalue weighted by Gasteiger charge is 2.50. The van der Waals surface area contributed by atoms with E-state index in [0.717, 1.165) is 22.4 Å². The maximum absolute atomic E-state index is 13.3. The zero-order valence-corrected chi connectivity index (χ0v) is 18.8. The Labute approximate surface area is 197 Å². The van der Waals surface area contributed by atoms with Gasteiger partial charge in [-0.05, 0) is 5.57 Å². The number of hydrogen-bond acceptors (Lipinski definition) is 10. The predicted molar refractivity (Wildman–Crippen MR) is 120 cm³/mol. The van der Waals surface area contributed by atoms with E-state index in [1.165, 1.54) is 23.6 Å². The van der Waals surface area contributed by atoms with E-state index in [1.807, 2.05) is 0 Å². The van der Waals surface area contributed by atoms with Gasteiger partial charge in [0.25, 0.3) is 11.8 Å². The van der Waals surface area contributed by atoms with E-state index in [4.69, 9.17) is 10.6 Å². The number of rotatable bonds is 10. The van der Waals surface area contributed by atoms with Crippen molar-refractivity contribution in [2.45, 2.75) is 6.04 Å². The van der Waals surface area contributed by atoms with Crippen molar-refractivity contribution in [3.8, 4) is 0 Å². The van der Waals surface area contributed by atoms with Crippen LogP contribution in [0.25, 0.3) is 0 Å². The van der Waals surface area contributed by atoms with Gasteiger partial charge in [0.2, 0.25) is 0 Å². The molecule has 3 heterocycles. The van der Waals surface area contributed by atoms with Crippen LogP contribution in [0.5, 0.6) is 0 Å². The summed E-state index contributed by atoms with van der Waals surface area (Å²) in [5, 5.41) is 29.7. The van der Waals surface area contributed by atoms with Gasteiger partial charge in [-0.1, -0.05) is 17.3 Å². The molecule has 2 aliphatic rings. The number of oxime groups is 1. The molecule has 3 atom stereocenters. The lowest BCUT2D eigenvalue weighted by molar-refractivity contribution is -0.142. The van der Waals surface area contributed by atoms with Crippen molar-refractivity contribution in [3.05, 3.63) is 47.7 Å². The molecule has 0 aromatic carbocycles. The molecule has 0 aliphatic carbocycles. The van der Waals surface area contributed by atoms with Gasteiger partial charge in [0.15, 0.2) is 10.8 Å². The number of nitrogens with one attached hydrogen (secondary N) is 1. The Hall–Kier alpha value is -4.04. The summed E-state index contributed by atoms with van der Waals surface area (Å²) in [4.78, 5) is 58.4. The molecule has 1 saturated heterocycles. The fraction of sp³-hybridized carbons (Fsp3) is 0.300. The first-order valence-electron chi connectivity index (χ1n) is 9.80. The molecule has 2 amide bonds. The van der Waals surface area contributed by atoms with Crippen LogP contribution in [0.1, 0.15) is 5.69 Å². The van der Waals surface area contributed by atoms with Crippen molar-refractivity contribution in [2.75, 3.05) is 25.9 Å². The van der Waals surface area contributed by atoms with Crippen molar-refractivity contribution < 1.29 is 34.2 Å². The van der Waals surface area contributed by atoms with E-state index in [0.29, 0.717) is 0 Å². The molecule has 34 heavy (non-hydrogen) atoms. The topological polar surface area (TPSA) is 188 Å². The van der Waals surface area contributed by atoms with Crippen LogP contribution in [0.4, 0.5) is 5.13 Å². The Morgan fingerprint density at radius 1 is 1.32 bits per heavy atom. The number of carboxylic acid groups (broad SMARTS) is 2. The number of hydrogen-bond donors (Lipinski definition) is 4. The fourth-order valence-electron chi connectivity index (χ4n) is 3.81. The molecule has 2 aliphatic heterocycles. The number of nitrogen functional groups attached to an aromatic ring is 1. The minimum atomic E-state index is -1.36. The zero-order chi connectivity index (χ0) is 25.2. The lowest BCUT2D eigenvalue weighted by Gasteiger charge is -2.24. The van der Waals surface area contributed by atoms with Gasteiger partial charge in [-0.3, -0.25) is 19.2 Å². The first kappa shape index (κ1) is 24.6. The molecule has 0 radical (unpaired) electrons. The van der Waals surface area contributed by atoms with Crippen LogP contribution in [0, 0.1) is 11.8 Å². The van der Waals surface area contributed by atoms with Gasteiger partial charge in [0.05, 0.1) is 11.6 Å². The summed E-state index contributed by atoms with van der Waals surface area (Å²) in [6.07, 6.45) is 2.28. The molecule has 0 bridgehead atoms. The second kappa shape index (κ2) is 9.84. The van der Waals surface area contributed by atoms with Crippen LogP contribution >= 0.6 is 11.3 Å². The maximum Gasteiger partial charge on any atom is 0.316 e. The van der Waals surface area contributed by atoms with Gasteiger partial charge < -0.3 is 26.1 Å². The van der Waals surface area contributed by atoms with Crippen molar-refractivity contribution in [3.63, 3.8) is 0 Å². The number of hydrazine groups is 1. The van der Waals surface area contributed by atoms with Crippen LogP contribution in [0.15, 0.2) is 47.1 Å². The predicted octanol–water partition coefficient (Wildman–Crippen LogP) is -0.339. The molecular formula is C20H22N6O7S. The summed E-state index contributed by atoms with van der Waals surface area (Å²) < 4.78 is 0. The molecule has 0 spiro atoms. The number of nitrogens with two attached hydrogens (primary N) is 1. The van der Waals surface area contributed by atoms with E-state index in [2.05, 4.69) is 28.6 Å². The van der Waals surface area contributed by atoms with Gasteiger partial charge in [0, 0.05) is 18.5 Å². The summed E-state index contributed by atoms with van der Waals surface area (Å²) >= 11 is 1.09. The number of carboxylic acids is 2. The monoisotopic (exact) mass is 490 g/mol. The standard InChI is InChI=1S/C20H22N6O7S/c1-4-9(18(29)30)11-6-25-7-12(17(28)26(25)15(11)10(5-2)19(31)32)22-16(27)14(24-33-3)13-8-34-20(21)23-13/h4-5,8-10,12H,1-2,6-7H2,3H3,(H2,21,23)(H,22,27)(H,29,30)(H,31,32)/b24-14-/t9?,10?,12-/m0/s1. The van der Waals surface area contributed by atoms with E-state index in [-0.39, 0.29) is 40.9 Å². The normalized spacial score (nSPS) is 20.0. The smallest absolute Gasteiger partial charge is 0.316 e. The second-order valence-corrected chi connectivity index (χ2v) is 8.12. The van der Waals surface area contributed by atoms with Gasteiger partial charge in [-0.2, -0.15) is 0 Å². The molecule has 2 unspecified atom stereocenters. The lowest BCUT2D eigenvalue weighted by atomic mass is 9.91. The maximum atomic E-state index is 13.3. The molecule has 1 fully saturated rings. The molecule has 5 N–H and O–H groups in total. The van der Waals surface area contributed by atoms with E-state index in [9.17, 15) is 29.4 Å².